The van der Waals surface area contributed by atoms with Gasteiger partial charge >= 0.3 is 0 Å². The van der Waals surface area contributed by atoms with Crippen molar-refractivity contribution in [3.8, 4) is 5.75 Å². The van der Waals surface area contributed by atoms with Crippen LogP contribution in [0.15, 0.2) is 53.0 Å². The minimum absolute atomic E-state index is 0.0479. The summed E-state index contributed by atoms with van der Waals surface area (Å²) in [6.45, 7) is 5.19. The van der Waals surface area contributed by atoms with Gasteiger partial charge in [0.1, 0.15) is 18.5 Å². The average Bonchev–Trinajstić information content (AvgIpc) is 2.61. The van der Waals surface area contributed by atoms with E-state index in [9.17, 15) is 5.11 Å². The predicted octanol–water partition coefficient (Wildman–Crippen LogP) is 3.57. The van der Waals surface area contributed by atoms with Crippen LogP contribution in [0.4, 0.5) is 0 Å². The number of aliphatic hydroxyl groups excluding tert-OH is 1. The molecule has 0 aliphatic carbocycles. The highest BCUT2D eigenvalue weighted by atomic mass is 79.9. The molecule has 1 fully saturated rings. The summed E-state index contributed by atoms with van der Waals surface area (Å²) in [5, 5.41) is 10.3. The molecule has 5 heteroatoms. The number of hydrogen-bond donors (Lipinski definition) is 1. The lowest BCUT2D eigenvalue weighted by atomic mass is 10.1. The number of benzene rings is 2. The minimum Gasteiger partial charge on any atom is -0.491 e. The number of rotatable bonds is 6. The Balaban J connectivity index is 1.49. The second kappa shape index (κ2) is 8.81. The Bertz CT molecular complexity index is 677. The molecule has 0 bridgehead atoms. The fourth-order valence-electron chi connectivity index (χ4n) is 3.00. The molecule has 3 rings (SSSR count). The van der Waals surface area contributed by atoms with Crippen molar-refractivity contribution in [1.29, 1.82) is 0 Å². The van der Waals surface area contributed by atoms with Gasteiger partial charge in [0.05, 0.1) is 12.7 Å². The highest BCUT2D eigenvalue weighted by Gasteiger charge is 2.23. The molecular weight excluding hydrogens is 382 g/mol. The second-order valence-corrected chi connectivity index (χ2v) is 7.37. The van der Waals surface area contributed by atoms with Gasteiger partial charge in [0.25, 0.3) is 0 Å². The van der Waals surface area contributed by atoms with E-state index in [1.54, 1.807) is 0 Å². The number of nitrogens with zero attached hydrogens (tertiary/aromatic N) is 1. The van der Waals surface area contributed by atoms with E-state index in [0.29, 0.717) is 19.8 Å². The quantitative estimate of drug-likeness (QED) is 0.797. The number of ether oxygens (including phenoxy) is 2. The Morgan fingerprint density at radius 2 is 2.08 bits per heavy atom. The van der Waals surface area contributed by atoms with Gasteiger partial charge < -0.3 is 14.6 Å². The van der Waals surface area contributed by atoms with E-state index in [-0.39, 0.29) is 6.10 Å². The van der Waals surface area contributed by atoms with Crippen molar-refractivity contribution in [3.63, 3.8) is 0 Å². The van der Waals surface area contributed by atoms with Crippen LogP contribution in [0.25, 0.3) is 0 Å². The van der Waals surface area contributed by atoms with Crippen molar-refractivity contribution in [2.24, 2.45) is 0 Å². The number of aryl methyl sites for hydroxylation is 1. The van der Waals surface area contributed by atoms with Crippen LogP contribution in [0.1, 0.15) is 17.2 Å². The first-order valence-electron chi connectivity index (χ1n) is 8.57. The number of hydrogen-bond acceptors (Lipinski definition) is 4. The van der Waals surface area contributed by atoms with Crippen LogP contribution in [0, 0.1) is 6.92 Å². The molecule has 0 saturated carbocycles. The largest absolute Gasteiger partial charge is 0.491 e. The number of aliphatic hydroxyl groups is 1. The Hall–Kier alpha value is -1.40. The maximum Gasteiger partial charge on any atom is 0.119 e. The summed E-state index contributed by atoms with van der Waals surface area (Å²) in [5.74, 6) is 0.800. The maximum atomic E-state index is 10.3. The summed E-state index contributed by atoms with van der Waals surface area (Å²) in [6, 6.07) is 16.1. The standard InChI is InChI=1S/C20H24BrNO3/c1-15-3-2-4-19(11-15)25-14-18(23)12-22-9-10-24-20(13-22)16-5-7-17(21)8-6-16/h2-8,11,18,20,23H,9-10,12-14H2,1H3. The zero-order valence-corrected chi connectivity index (χ0v) is 16.0. The fourth-order valence-corrected chi connectivity index (χ4v) is 3.26. The smallest absolute Gasteiger partial charge is 0.119 e. The molecule has 0 amide bonds. The molecule has 2 unspecified atom stereocenters. The monoisotopic (exact) mass is 405 g/mol. The van der Waals surface area contributed by atoms with Gasteiger partial charge in [0.2, 0.25) is 0 Å². The van der Waals surface area contributed by atoms with Crippen molar-refractivity contribution in [2.75, 3.05) is 32.8 Å². The summed E-state index contributed by atoms with van der Waals surface area (Å²) >= 11 is 3.46. The Morgan fingerprint density at radius 3 is 2.84 bits per heavy atom. The lowest BCUT2D eigenvalue weighted by molar-refractivity contribution is -0.0459. The maximum absolute atomic E-state index is 10.3. The fraction of sp³-hybridized carbons (Fsp3) is 0.400. The Kier molecular flexibility index (Phi) is 6.48. The first-order valence-corrected chi connectivity index (χ1v) is 9.36. The molecule has 1 saturated heterocycles. The van der Waals surface area contributed by atoms with Gasteiger partial charge in [-0.05, 0) is 42.3 Å². The second-order valence-electron chi connectivity index (χ2n) is 6.45. The van der Waals surface area contributed by atoms with E-state index < -0.39 is 6.10 Å². The molecule has 2 aromatic carbocycles. The molecule has 0 radical (unpaired) electrons. The highest BCUT2D eigenvalue weighted by Crippen LogP contribution is 2.24. The van der Waals surface area contributed by atoms with Gasteiger partial charge in [0, 0.05) is 24.1 Å². The van der Waals surface area contributed by atoms with E-state index in [2.05, 4.69) is 33.0 Å². The van der Waals surface area contributed by atoms with Gasteiger partial charge in [0.15, 0.2) is 0 Å². The minimum atomic E-state index is -0.524. The van der Waals surface area contributed by atoms with Crippen LogP contribution in [-0.4, -0.2) is 49.0 Å². The Labute approximate surface area is 157 Å². The summed E-state index contributed by atoms with van der Waals surface area (Å²) in [7, 11) is 0. The third kappa shape index (κ3) is 5.54. The first-order chi connectivity index (χ1) is 12.1. The zero-order chi connectivity index (χ0) is 17.6. The lowest BCUT2D eigenvalue weighted by Gasteiger charge is -2.34. The highest BCUT2D eigenvalue weighted by molar-refractivity contribution is 9.10. The van der Waals surface area contributed by atoms with Crippen LogP contribution in [-0.2, 0) is 4.74 Å². The average molecular weight is 406 g/mol. The third-order valence-corrected chi connectivity index (χ3v) is 4.82. The molecule has 1 aliphatic rings. The van der Waals surface area contributed by atoms with Crippen LogP contribution in [0.2, 0.25) is 0 Å². The molecule has 0 spiro atoms. The van der Waals surface area contributed by atoms with Gasteiger partial charge in [-0.3, -0.25) is 4.90 Å². The van der Waals surface area contributed by atoms with Crippen LogP contribution >= 0.6 is 15.9 Å². The summed E-state index contributed by atoms with van der Waals surface area (Å²) in [6.07, 6.45) is -0.476. The van der Waals surface area contributed by atoms with E-state index in [1.165, 1.54) is 5.56 Å². The van der Waals surface area contributed by atoms with Crippen molar-refractivity contribution in [2.45, 2.75) is 19.1 Å². The molecule has 25 heavy (non-hydrogen) atoms. The predicted molar refractivity (Wildman–Crippen MR) is 102 cm³/mol. The van der Waals surface area contributed by atoms with Gasteiger partial charge in [-0.25, -0.2) is 0 Å². The topological polar surface area (TPSA) is 41.9 Å². The summed E-state index contributed by atoms with van der Waals surface area (Å²) < 4.78 is 12.7. The van der Waals surface area contributed by atoms with Gasteiger partial charge in [-0.15, -0.1) is 0 Å². The molecule has 2 atom stereocenters. The Morgan fingerprint density at radius 1 is 1.28 bits per heavy atom. The van der Waals surface area contributed by atoms with Gasteiger partial charge in [-0.2, -0.15) is 0 Å². The third-order valence-electron chi connectivity index (χ3n) is 4.29. The normalized spacial score (nSPS) is 19.6. The summed E-state index contributed by atoms with van der Waals surface area (Å²) in [5.41, 5.74) is 2.32. The molecule has 4 nitrogen and oxygen atoms in total. The zero-order valence-electron chi connectivity index (χ0n) is 14.4. The number of β-amino-alcohol motifs (C(OH)–C–C–N with tert-alkyl or cyclic N) is 1. The van der Waals surface area contributed by atoms with Crippen LogP contribution in [0.5, 0.6) is 5.75 Å². The van der Waals surface area contributed by atoms with Gasteiger partial charge in [-0.1, -0.05) is 40.2 Å². The number of halogens is 1. The van der Waals surface area contributed by atoms with E-state index in [4.69, 9.17) is 9.47 Å². The molecule has 0 aromatic heterocycles. The molecular formula is C20H24BrNO3. The van der Waals surface area contributed by atoms with Crippen molar-refractivity contribution < 1.29 is 14.6 Å². The van der Waals surface area contributed by atoms with Crippen molar-refractivity contribution >= 4 is 15.9 Å². The first kappa shape index (κ1) is 18.4. The molecule has 1 N–H and O–H groups in total. The van der Waals surface area contributed by atoms with Crippen molar-refractivity contribution in [1.82, 2.24) is 4.90 Å². The van der Waals surface area contributed by atoms with Crippen LogP contribution < -0.4 is 4.74 Å². The SMILES string of the molecule is Cc1cccc(OCC(O)CN2CCOC(c3ccc(Br)cc3)C2)c1. The molecule has 1 aliphatic heterocycles. The molecule has 1 heterocycles. The van der Waals surface area contributed by atoms with Crippen LogP contribution in [0.3, 0.4) is 0 Å². The van der Waals surface area contributed by atoms with Crippen molar-refractivity contribution in [3.05, 3.63) is 64.1 Å². The lowest BCUT2D eigenvalue weighted by Crippen LogP contribution is -2.43. The molecule has 2 aromatic rings. The number of morpholine rings is 1. The molecule has 134 valence electrons. The van der Waals surface area contributed by atoms with E-state index >= 15 is 0 Å². The van der Waals surface area contributed by atoms with E-state index in [0.717, 1.165) is 28.9 Å². The van der Waals surface area contributed by atoms with E-state index in [1.807, 2.05) is 43.3 Å². The summed E-state index contributed by atoms with van der Waals surface area (Å²) in [4.78, 5) is 2.24.